The number of phenolic OH excluding ortho intramolecular Hbond substituents is 1. The zero-order valence-corrected chi connectivity index (χ0v) is 18.7. The molecule has 0 bridgehead atoms. The van der Waals surface area contributed by atoms with Crippen molar-refractivity contribution < 1.29 is 29.3 Å². The third-order valence-electron chi connectivity index (χ3n) is 4.58. The van der Waals surface area contributed by atoms with Crippen LogP contribution in [0.1, 0.15) is 28.8 Å². The Hall–Kier alpha value is -3.37. The van der Waals surface area contributed by atoms with Gasteiger partial charge in [0, 0.05) is 18.7 Å². The molecule has 0 saturated carbocycles. The molecule has 0 atom stereocenters. The van der Waals surface area contributed by atoms with E-state index in [-0.39, 0.29) is 29.5 Å². The van der Waals surface area contributed by atoms with Gasteiger partial charge in [-0.3, -0.25) is 14.5 Å². The molecule has 0 aromatic heterocycles. The Morgan fingerprint density at radius 1 is 1.22 bits per heavy atom. The SMILES string of the molecule is COc1cc(/C=C2\SC(=S)N(CCCC(=O)Nc3ccc(C(=O)O)cc3)C2=O)ccc1O. The maximum absolute atomic E-state index is 12.7. The number of benzene rings is 2. The summed E-state index contributed by atoms with van der Waals surface area (Å²) >= 11 is 6.49. The van der Waals surface area contributed by atoms with E-state index in [4.69, 9.17) is 22.1 Å². The number of carboxylic acid groups (broad SMARTS) is 1. The highest BCUT2D eigenvalue weighted by Crippen LogP contribution is 2.34. The predicted octanol–water partition coefficient (Wildman–Crippen LogP) is 3.72. The van der Waals surface area contributed by atoms with Crippen molar-refractivity contribution in [1.29, 1.82) is 0 Å². The van der Waals surface area contributed by atoms with E-state index >= 15 is 0 Å². The first-order valence-electron chi connectivity index (χ1n) is 9.54. The Morgan fingerprint density at radius 3 is 2.59 bits per heavy atom. The number of hydrogen-bond donors (Lipinski definition) is 3. The maximum Gasteiger partial charge on any atom is 0.335 e. The highest BCUT2D eigenvalue weighted by molar-refractivity contribution is 8.26. The van der Waals surface area contributed by atoms with Crippen LogP contribution >= 0.6 is 24.0 Å². The van der Waals surface area contributed by atoms with E-state index in [2.05, 4.69) is 5.32 Å². The van der Waals surface area contributed by atoms with E-state index < -0.39 is 5.97 Å². The average Bonchev–Trinajstić information content (AvgIpc) is 3.02. The summed E-state index contributed by atoms with van der Waals surface area (Å²) in [4.78, 5) is 37.6. The lowest BCUT2D eigenvalue weighted by Crippen LogP contribution is -2.29. The van der Waals surface area contributed by atoms with Gasteiger partial charge in [0.15, 0.2) is 11.5 Å². The highest BCUT2D eigenvalue weighted by atomic mass is 32.2. The van der Waals surface area contributed by atoms with Crippen LogP contribution in [0.2, 0.25) is 0 Å². The number of nitrogens with one attached hydrogen (secondary N) is 1. The molecule has 0 radical (unpaired) electrons. The third-order valence-corrected chi connectivity index (χ3v) is 5.95. The van der Waals surface area contributed by atoms with Gasteiger partial charge in [0.2, 0.25) is 5.91 Å². The smallest absolute Gasteiger partial charge is 0.335 e. The van der Waals surface area contributed by atoms with Gasteiger partial charge in [-0.15, -0.1) is 0 Å². The van der Waals surface area contributed by atoms with Crippen molar-refractivity contribution in [3.05, 3.63) is 58.5 Å². The number of thioether (sulfide) groups is 1. The molecule has 2 amide bonds. The van der Waals surface area contributed by atoms with E-state index in [0.717, 1.165) is 0 Å². The van der Waals surface area contributed by atoms with Crippen molar-refractivity contribution in [3.8, 4) is 11.5 Å². The van der Waals surface area contributed by atoms with E-state index in [9.17, 15) is 19.5 Å². The lowest BCUT2D eigenvalue weighted by molar-refractivity contribution is -0.122. The van der Waals surface area contributed by atoms with Gasteiger partial charge in [0.1, 0.15) is 4.32 Å². The molecule has 1 aliphatic heterocycles. The van der Waals surface area contributed by atoms with Crippen LogP contribution in [0.5, 0.6) is 11.5 Å². The Bertz CT molecular complexity index is 1100. The normalized spacial score (nSPS) is 14.7. The second-order valence-electron chi connectivity index (χ2n) is 6.80. The van der Waals surface area contributed by atoms with Crippen molar-refractivity contribution in [2.24, 2.45) is 0 Å². The molecule has 1 aliphatic rings. The lowest BCUT2D eigenvalue weighted by atomic mass is 10.2. The first-order valence-corrected chi connectivity index (χ1v) is 10.8. The molecule has 3 rings (SSSR count). The molecule has 2 aromatic carbocycles. The number of anilines is 1. The second-order valence-corrected chi connectivity index (χ2v) is 8.47. The number of amides is 2. The molecule has 10 heteroatoms. The number of aromatic carboxylic acids is 1. The fourth-order valence-corrected chi connectivity index (χ4v) is 4.25. The molecule has 3 N–H and O–H groups in total. The van der Waals surface area contributed by atoms with Gasteiger partial charge >= 0.3 is 5.97 Å². The van der Waals surface area contributed by atoms with Crippen molar-refractivity contribution in [3.63, 3.8) is 0 Å². The van der Waals surface area contributed by atoms with Crippen LogP contribution in [-0.4, -0.2) is 50.9 Å². The first-order chi connectivity index (χ1) is 15.3. The summed E-state index contributed by atoms with van der Waals surface area (Å²) in [6.45, 7) is 0.298. The van der Waals surface area contributed by atoms with Gasteiger partial charge in [-0.1, -0.05) is 30.0 Å². The van der Waals surface area contributed by atoms with Crippen LogP contribution in [0.3, 0.4) is 0 Å². The predicted molar refractivity (Wildman–Crippen MR) is 126 cm³/mol. The largest absolute Gasteiger partial charge is 0.504 e. The molecule has 0 aliphatic carbocycles. The van der Waals surface area contributed by atoms with Crippen molar-refractivity contribution >= 4 is 57.8 Å². The van der Waals surface area contributed by atoms with Crippen molar-refractivity contribution in [2.45, 2.75) is 12.8 Å². The number of carbonyl (C=O) groups is 3. The summed E-state index contributed by atoms with van der Waals surface area (Å²) in [5.41, 5.74) is 1.32. The molecule has 1 saturated heterocycles. The van der Waals surface area contributed by atoms with Crippen LogP contribution in [0.15, 0.2) is 47.4 Å². The zero-order chi connectivity index (χ0) is 23.3. The fraction of sp³-hybridized carbons (Fsp3) is 0.182. The minimum absolute atomic E-state index is 0.00769. The maximum atomic E-state index is 12.7. The van der Waals surface area contributed by atoms with E-state index in [1.165, 1.54) is 54.1 Å². The number of carbonyl (C=O) groups excluding carboxylic acids is 2. The fourth-order valence-electron chi connectivity index (χ4n) is 2.95. The number of nitrogens with zero attached hydrogens (tertiary/aromatic N) is 1. The summed E-state index contributed by atoms with van der Waals surface area (Å²) in [7, 11) is 1.44. The van der Waals surface area contributed by atoms with Gasteiger partial charge < -0.3 is 20.3 Å². The van der Waals surface area contributed by atoms with Crippen molar-refractivity contribution in [2.75, 3.05) is 19.0 Å². The van der Waals surface area contributed by atoms with Crippen LogP contribution in [-0.2, 0) is 9.59 Å². The zero-order valence-electron chi connectivity index (χ0n) is 17.0. The summed E-state index contributed by atoms with van der Waals surface area (Å²) in [6, 6.07) is 10.6. The summed E-state index contributed by atoms with van der Waals surface area (Å²) < 4.78 is 5.50. The number of hydrogen-bond acceptors (Lipinski definition) is 7. The lowest BCUT2D eigenvalue weighted by Gasteiger charge is -2.14. The monoisotopic (exact) mass is 472 g/mol. The van der Waals surface area contributed by atoms with Gasteiger partial charge in [-0.25, -0.2) is 4.79 Å². The van der Waals surface area contributed by atoms with Crippen molar-refractivity contribution in [1.82, 2.24) is 4.90 Å². The summed E-state index contributed by atoms with van der Waals surface area (Å²) in [5.74, 6) is -1.21. The number of methoxy groups -OCH3 is 1. The van der Waals surface area contributed by atoms with Crippen LogP contribution in [0, 0.1) is 0 Å². The quantitative estimate of drug-likeness (QED) is 0.393. The molecule has 0 spiro atoms. The average molecular weight is 473 g/mol. The number of rotatable bonds is 8. The number of thiocarbonyl (C=S) groups is 1. The molecular formula is C22H20N2O6S2. The molecule has 1 heterocycles. The van der Waals surface area contributed by atoms with Gasteiger partial charge in [0.05, 0.1) is 17.6 Å². The second kappa shape index (κ2) is 10.3. The molecule has 2 aromatic rings. The first kappa shape index (κ1) is 23.3. The minimum Gasteiger partial charge on any atom is -0.504 e. The Balaban J connectivity index is 1.54. The molecule has 32 heavy (non-hydrogen) atoms. The highest BCUT2D eigenvalue weighted by Gasteiger charge is 2.31. The number of carboxylic acids is 1. The van der Waals surface area contributed by atoms with Gasteiger partial charge in [-0.05, 0) is 54.5 Å². The number of phenols is 1. The topological polar surface area (TPSA) is 116 Å². The van der Waals surface area contributed by atoms with E-state index in [1.807, 2.05) is 0 Å². The third kappa shape index (κ3) is 5.65. The Kier molecular flexibility index (Phi) is 7.49. The number of aromatic hydroxyl groups is 1. The number of ether oxygens (including phenoxy) is 1. The van der Waals surface area contributed by atoms with E-state index in [0.29, 0.717) is 39.2 Å². The standard InChI is InChI=1S/C22H20N2O6S2/c1-30-17-11-13(4-9-16(17)25)12-18-20(27)24(22(31)32-18)10-2-3-19(26)23-15-7-5-14(6-8-15)21(28)29/h4-9,11-12,25H,2-3,10H2,1H3,(H,23,26)(H,28,29)/b18-12-. The van der Waals surface area contributed by atoms with Gasteiger partial charge in [0.25, 0.3) is 5.91 Å². The molecule has 1 fully saturated rings. The summed E-state index contributed by atoms with van der Waals surface area (Å²) in [5, 5.41) is 21.3. The molecule has 8 nitrogen and oxygen atoms in total. The van der Waals surface area contributed by atoms with Crippen LogP contribution in [0.4, 0.5) is 5.69 Å². The summed E-state index contributed by atoms with van der Waals surface area (Å²) in [6.07, 6.45) is 2.26. The van der Waals surface area contributed by atoms with Gasteiger partial charge in [-0.2, -0.15) is 0 Å². The molecular weight excluding hydrogens is 452 g/mol. The Morgan fingerprint density at radius 2 is 1.94 bits per heavy atom. The van der Waals surface area contributed by atoms with Crippen LogP contribution < -0.4 is 10.1 Å². The van der Waals surface area contributed by atoms with Crippen LogP contribution in [0.25, 0.3) is 6.08 Å². The van der Waals surface area contributed by atoms with E-state index in [1.54, 1.807) is 18.2 Å². The molecule has 0 unspecified atom stereocenters. The Labute approximate surface area is 193 Å². The molecule has 166 valence electrons. The minimum atomic E-state index is -1.04.